The van der Waals surface area contributed by atoms with Crippen LogP contribution in [-0.4, -0.2) is 61.6 Å². The monoisotopic (exact) mass is 280 g/mol. The molecule has 4 heteroatoms. The molecular weight excluding hydrogens is 248 g/mol. The van der Waals surface area contributed by atoms with Crippen LogP contribution >= 0.6 is 0 Å². The molecule has 20 heavy (non-hydrogen) atoms. The van der Waals surface area contributed by atoms with E-state index in [-0.39, 0.29) is 0 Å². The molecule has 116 valence electrons. The number of hydrogen-bond donors (Lipinski definition) is 1. The molecule has 2 unspecified atom stereocenters. The van der Waals surface area contributed by atoms with Crippen LogP contribution in [0.4, 0.5) is 0 Å². The van der Waals surface area contributed by atoms with E-state index in [2.05, 4.69) is 40.9 Å². The average Bonchev–Trinajstić information content (AvgIpc) is 3.07. The molecule has 2 fully saturated rings. The van der Waals surface area contributed by atoms with Gasteiger partial charge in [-0.15, -0.1) is 0 Å². The van der Waals surface area contributed by atoms with Crippen molar-refractivity contribution in [3.63, 3.8) is 0 Å². The summed E-state index contributed by atoms with van der Waals surface area (Å²) in [6.07, 6.45) is 5.21. The Hall–Kier alpha value is -0.770. The fourth-order valence-corrected chi connectivity index (χ4v) is 3.58. The molecule has 2 rings (SSSR count). The molecular formula is C16H32N4. The van der Waals surface area contributed by atoms with Crippen LogP contribution in [0.5, 0.6) is 0 Å². The predicted octanol–water partition coefficient (Wildman–Crippen LogP) is 2.17. The lowest BCUT2D eigenvalue weighted by atomic mass is 9.87. The van der Waals surface area contributed by atoms with Gasteiger partial charge in [0, 0.05) is 32.7 Å². The SMILES string of the molecule is CCN1CCCC1CNC(=NC)N1CCC(C)(CC)C1. The zero-order valence-electron chi connectivity index (χ0n) is 13.8. The third kappa shape index (κ3) is 3.46. The van der Waals surface area contributed by atoms with Gasteiger partial charge < -0.3 is 10.2 Å². The first-order valence-corrected chi connectivity index (χ1v) is 8.31. The maximum absolute atomic E-state index is 4.49. The number of guanidine groups is 1. The van der Waals surface area contributed by atoms with Gasteiger partial charge in [-0.1, -0.05) is 20.8 Å². The van der Waals surface area contributed by atoms with Crippen molar-refractivity contribution in [2.45, 2.75) is 52.5 Å². The molecule has 0 aromatic heterocycles. The maximum Gasteiger partial charge on any atom is 0.193 e. The minimum atomic E-state index is 0.473. The first kappa shape index (κ1) is 15.6. The van der Waals surface area contributed by atoms with Crippen LogP contribution in [0.3, 0.4) is 0 Å². The topological polar surface area (TPSA) is 30.9 Å². The highest BCUT2D eigenvalue weighted by molar-refractivity contribution is 5.80. The first-order valence-electron chi connectivity index (χ1n) is 8.31. The molecule has 2 aliphatic heterocycles. The summed E-state index contributed by atoms with van der Waals surface area (Å²) in [6, 6.07) is 0.692. The molecule has 2 aliphatic rings. The van der Waals surface area contributed by atoms with Crippen LogP contribution in [0.15, 0.2) is 4.99 Å². The fourth-order valence-electron chi connectivity index (χ4n) is 3.58. The van der Waals surface area contributed by atoms with Crippen LogP contribution < -0.4 is 5.32 Å². The van der Waals surface area contributed by atoms with Gasteiger partial charge in [-0.05, 0) is 44.2 Å². The first-order chi connectivity index (χ1) is 9.61. The van der Waals surface area contributed by atoms with Gasteiger partial charge in [-0.2, -0.15) is 0 Å². The van der Waals surface area contributed by atoms with Crippen molar-refractivity contribution in [1.29, 1.82) is 0 Å². The van der Waals surface area contributed by atoms with Crippen LogP contribution in [-0.2, 0) is 0 Å². The van der Waals surface area contributed by atoms with E-state index in [1.165, 1.54) is 38.8 Å². The van der Waals surface area contributed by atoms with Crippen molar-refractivity contribution in [1.82, 2.24) is 15.1 Å². The number of nitrogens with zero attached hydrogens (tertiary/aromatic N) is 3. The van der Waals surface area contributed by atoms with Gasteiger partial charge in [0.2, 0.25) is 0 Å². The molecule has 2 saturated heterocycles. The fraction of sp³-hybridized carbons (Fsp3) is 0.938. The zero-order valence-corrected chi connectivity index (χ0v) is 13.8. The number of rotatable bonds is 4. The summed E-state index contributed by atoms with van der Waals surface area (Å²) in [7, 11) is 1.91. The standard InChI is InChI=1S/C16H32N4/c1-5-16(3)9-11-20(13-16)15(17-4)18-12-14-8-7-10-19(14)6-2/h14H,5-13H2,1-4H3,(H,17,18). The van der Waals surface area contributed by atoms with Crippen molar-refractivity contribution >= 4 is 5.96 Å². The molecule has 4 nitrogen and oxygen atoms in total. The van der Waals surface area contributed by atoms with E-state index in [4.69, 9.17) is 0 Å². The Morgan fingerprint density at radius 1 is 1.35 bits per heavy atom. The van der Waals surface area contributed by atoms with E-state index in [9.17, 15) is 0 Å². The Morgan fingerprint density at radius 2 is 2.15 bits per heavy atom. The number of hydrogen-bond acceptors (Lipinski definition) is 2. The summed E-state index contributed by atoms with van der Waals surface area (Å²) in [5.41, 5.74) is 0.473. The predicted molar refractivity (Wildman–Crippen MR) is 86.2 cm³/mol. The number of nitrogens with one attached hydrogen (secondary N) is 1. The van der Waals surface area contributed by atoms with E-state index in [0.717, 1.165) is 25.6 Å². The van der Waals surface area contributed by atoms with Crippen molar-refractivity contribution in [3.05, 3.63) is 0 Å². The van der Waals surface area contributed by atoms with Gasteiger partial charge >= 0.3 is 0 Å². The van der Waals surface area contributed by atoms with Gasteiger partial charge in [0.1, 0.15) is 0 Å². The second kappa shape index (κ2) is 6.79. The molecule has 0 aliphatic carbocycles. The molecule has 2 heterocycles. The summed E-state index contributed by atoms with van der Waals surface area (Å²) in [5.74, 6) is 1.10. The van der Waals surface area contributed by atoms with Gasteiger partial charge in [0.25, 0.3) is 0 Å². The second-order valence-corrected chi connectivity index (χ2v) is 6.69. The van der Waals surface area contributed by atoms with Crippen molar-refractivity contribution in [2.75, 3.05) is 39.8 Å². The Bertz CT molecular complexity index is 341. The summed E-state index contributed by atoms with van der Waals surface area (Å²) in [5, 5.41) is 3.61. The largest absolute Gasteiger partial charge is 0.355 e. The minimum absolute atomic E-state index is 0.473. The molecule has 0 spiro atoms. The van der Waals surface area contributed by atoms with Crippen LogP contribution in [0.25, 0.3) is 0 Å². The smallest absolute Gasteiger partial charge is 0.193 e. The molecule has 0 radical (unpaired) electrons. The van der Waals surface area contributed by atoms with Crippen LogP contribution in [0.2, 0.25) is 0 Å². The molecule has 0 aromatic carbocycles. The summed E-state index contributed by atoms with van der Waals surface area (Å²) < 4.78 is 0. The molecule has 0 aromatic rings. The highest BCUT2D eigenvalue weighted by Gasteiger charge is 2.33. The summed E-state index contributed by atoms with van der Waals surface area (Å²) in [4.78, 5) is 9.52. The third-order valence-corrected chi connectivity index (χ3v) is 5.32. The Kier molecular flexibility index (Phi) is 5.30. The van der Waals surface area contributed by atoms with Crippen LogP contribution in [0, 0.1) is 5.41 Å². The summed E-state index contributed by atoms with van der Waals surface area (Å²) >= 11 is 0. The van der Waals surface area contributed by atoms with Gasteiger partial charge in [-0.3, -0.25) is 9.89 Å². The van der Waals surface area contributed by atoms with E-state index >= 15 is 0 Å². The quantitative estimate of drug-likeness (QED) is 0.632. The Labute approximate surface area is 124 Å². The lowest BCUT2D eigenvalue weighted by molar-refractivity contribution is 0.264. The van der Waals surface area contributed by atoms with E-state index in [1.54, 1.807) is 0 Å². The molecule has 0 saturated carbocycles. The Morgan fingerprint density at radius 3 is 2.75 bits per heavy atom. The van der Waals surface area contributed by atoms with Gasteiger partial charge in [0.05, 0.1) is 0 Å². The van der Waals surface area contributed by atoms with Gasteiger partial charge in [-0.25, -0.2) is 0 Å². The number of likely N-dealkylation sites (N-methyl/N-ethyl adjacent to an activating group) is 1. The molecule has 0 bridgehead atoms. The van der Waals surface area contributed by atoms with Crippen LogP contribution in [0.1, 0.15) is 46.5 Å². The zero-order chi connectivity index (χ0) is 14.6. The van der Waals surface area contributed by atoms with Gasteiger partial charge in [0.15, 0.2) is 5.96 Å². The van der Waals surface area contributed by atoms with E-state index < -0.39 is 0 Å². The lowest BCUT2D eigenvalue weighted by Crippen LogP contribution is -2.46. The lowest BCUT2D eigenvalue weighted by Gasteiger charge is -2.28. The van der Waals surface area contributed by atoms with E-state index in [0.29, 0.717) is 11.5 Å². The minimum Gasteiger partial charge on any atom is -0.355 e. The summed E-state index contributed by atoms with van der Waals surface area (Å²) in [6.45, 7) is 12.7. The average molecular weight is 280 g/mol. The van der Waals surface area contributed by atoms with E-state index in [1.807, 2.05) is 7.05 Å². The Balaban J connectivity index is 1.85. The van der Waals surface area contributed by atoms with Crippen molar-refractivity contribution < 1.29 is 0 Å². The molecule has 0 amide bonds. The second-order valence-electron chi connectivity index (χ2n) is 6.69. The third-order valence-electron chi connectivity index (χ3n) is 5.32. The highest BCUT2D eigenvalue weighted by atomic mass is 15.3. The molecule has 1 N–H and O–H groups in total. The van der Waals surface area contributed by atoms with Crippen molar-refractivity contribution in [2.24, 2.45) is 10.4 Å². The number of likely N-dealkylation sites (tertiary alicyclic amines) is 2. The number of aliphatic imine (C=N–C) groups is 1. The maximum atomic E-state index is 4.49. The molecule has 2 atom stereocenters. The highest BCUT2D eigenvalue weighted by Crippen LogP contribution is 2.32. The normalized spacial score (nSPS) is 32.1. The van der Waals surface area contributed by atoms with Crippen molar-refractivity contribution in [3.8, 4) is 0 Å².